The van der Waals surface area contributed by atoms with Gasteiger partial charge in [-0.25, -0.2) is 9.97 Å². The molecule has 0 saturated heterocycles. The van der Waals surface area contributed by atoms with Gasteiger partial charge in [0.05, 0.1) is 16.2 Å². The maximum atomic E-state index is 12.3. The molecule has 2 aromatic rings. The van der Waals surface area contributed by atoms with Gasteiger partial charge in [-0.15, -0.1) is 0 Å². The van der Waals surface area contributed by atoms with E-state index < -0.39 is 5.91 Å². The van der Waals surface area contributed by atoms with Crippen LogP contribution in [0.2, 0.25) is 10.0 Å². The summed E-state index contributed by atoms with van der Waals surface area (Å²) < 4.78 is 0.754. The molecule has 0 radical (unpaired) electrons. The highest BCUT2D eigenvalue weighted by atomic mass is 79.9. The highest BCUT2D eigenvalue weighted by Gasteiger charge is 2.16. The summed E-state index contributed by atoms with van der Waals surface area (Å²) in [4.78, 5) is 20.6. The van der Waals surface area contributed by atoms with Crippen LogP contribution in [0.4, 0.5) is 5.69 Å². The molecule has 0 aliphatic carbocycles. The Morgan fingerprint density at radius 2 is 2.00 bits per heavy atom. The standard InChI is InChI=1S/C14H12BrCl2N3O/c1-7(2)13-18-6-11(17)12(20-13)14(21)19-8-3-4-9(15)10(16)5-8/h3-7H,1-2H3,(H,19,21). The first kappa shape index (κ1) is 16.2. The van der Waals surface area contributed by atoms with Crippen LogP contribution in [0, 0.1) is 0 Å². The molecule has 110 valence electrons. The molecule has 7 heteroatoms. The number of rotatable bonds is 3. The van der Waals surface area contributed by atoms with E-state index in [0.29, 0.717) is 16.5 Å². The molecule has 4 nitrogen and oxygen atoms in total. The second kappa shape index (κ2) is 6.73. The van der Waals surface area contributed by atoms with Gasteiger partial charge >= 0.3 is 0 Å². The van der Waals surface area contributed by atoms with Crippen LogP contribution in [-0.4, -0.2) is 15.9 Å². The predicted molar refractivity (Wildman–Crippen MR) is 88.2 cm³/mol. The van der Waals surface area contributed by atoms with Gasteiger partial charge in [0.15, 0.2) is 5.69 Å². The Hall–Kier alpha value is -1.17. The predicted octanol–water partition coefficient (Wildman–Crippen LogP) is 4.92. The first-order valence-corrected chi connectivity index (χ1v) is 7.72. The number of halogens is 3. The first-order valence-electron chi connectivity index (χ1n) is 6.17. The zero-order valence-corrected chi connectivity index (χ0v) is 14.4. The molecule has 0 fully saturated rings. The lowest BCUT2D eigenvalue weighted by atomic mass is 10.2. The van der Waals surface area contributed by atoms with Crippen LogP contribution >= 0.6 is 39.1 Å². The zero-order valence-electron chi connectivity index (χ0n) is 11.3. The number of carbonyl (C=O) groups is 1. The van der Waals surface area contributed by atoms with E-state index >= 15 is 0 Å². The average molecular weight is 389 g/mol. The summed E-state index contributed by atoms with van der Waals surface area (Å²) in [6, 6.07) is 5.12. The topological polar surface area (TPSA) is 54.9 Å². The molecular formula is C14H12BrCl2N3O. The van der Waals surface area contributed by atoms with Gasteiger partial charge in [0.25, 0.3) is 5.91 Å². The van der Waals surface area contributed by atoms with E-state index in [-0.39, 0.29) is 16.6 Å². The van der Waals surface area contributed by atoms with Gasteiger partial charge in [0.1, 0.15) is 5.82 Å². The largest absolute Gasteiger partial charge is 0.321 e. The summed E-state index contributed by atoms with van der Waals surface area (Å²) in [7, 11) is 0. The molecule has 0 aliphatic heterocycles. The molecule has 0 spiro atoms. The van der Waals surface area contributed by atoms with E-state index in [1.807, 2.05) is 13.8 Å². The maximum absolute atomic E-state index is 12.3. The third-order valence-corrected chi connectivity index (χ3v) is 4.18. The second-order valence-corrected chi connectivity index (χ2v) is 6.33. The summed E-state index contributed by atoms with van der Waals surface area (Å²) in [6.45, 7) is 3.89. The highest BCUT2D eigenvalue weighted by Crippen LogP contribution is 2.26. The van der Waals surface area contributed by atoms with Crippen LogP contribution in [0.3, 0.4) is 0 Å². The Morgan fingerprint density at radius 1 is 1.29 bits per heavy atom. The SMILES string of the molecule is CC(C)c1ncc(Cl)c(C(=O)Nc2ccc(Br)c(Cl)c2)n1. The molecule has 0 saturated carbocycles. The third kappa shape index (κ3) is 3.93. The van der Waals surface area contributed by atoms with E-state index in [9.17, 15) is 4.79 Å². The molecule has 0 bridgehead atoms. The minimum atomic E-state index is -0.400. The lowest BCUT2D eigenvalue weighted by Crippen LogP contribution is -2.16. The number of aromatic nitrogens is 2. The molecular weight excluding hydrogens is 377 g/mol. The van der Waals surface area contributed by atoms with E-state index in [4.69, 9.17) is 23.2 Å². The monoisotopic (exact) mass is 387 g/mol. The van der Waals surface area contributed by atoms with Crippen LogP contribution < -0.4 is 5.32 Å². The smallest absolute Gasteiger partial charge is 0.275 e. The van der Waals surface area contributed by atoms with Gasteiger partial charge in [-0.1, -0.05) is 37.0 Å². The van der Waals surface area contributed by atoms with Crippen LogP contribution in [0.15, 0.2) is 28.9 Å². The maximum Gasteiger partial charge on any atom is 0.275 e. The molecule has 1 aromatic heterocycles. The summed E-state index contributed by atoms with van der Waals surface area (Å²) in [6.07, 6.45) is 1.44. The minimum Gasteiger partial charge on any atom is -0.321 e. The lowest BCUT2D eigenvalue weighted by molar-refractivity contribution is 0.102. The highest BCUT2D eigenvalue weighted by molar-refractivity contribution is 9.10. The molecule has 2 rings (SSSR count). The van der Waals surface area contributed by atoms with Gasteiger partial charge in [0, 0.05) is 16.1 Å². The molecule has 0 atom stereocenters. The lowest BCUT2D eigenvalue weighted by Gasteiger charge is -2.09. The zero-order chi connectivity index (χ0) is 15.6. The van der Waals surface area contributed by atoms with Crippen LogP contribution in [0.25, 0.3) is 0 Å². The van der Waals surface area contributed by atoms with E-state index in [1.54, 1.807) is 18.2 Å². The third-order valence-electron chi connectivity index (χ3n) is 2.67. The van der Waals surface area contributed by atoms with Crippen molar-refractivity contribution in [3.8, 4) is 0 Å². The van der Waals surface area contributed by atoms with Crippen molar-refractivity contribution in [2.45, 2.75) is 19.8 Å². The van der Waals surface area contributed by atoms with Crippen molar-refractivity contribution >= 4 is 50.7 Å². The normalized spacial score (nSPS) is 10.8. The van der Waals surface area contributed by atoms with Gasteiger partial charge in [-0.3, -0.25) is 4.79 Å². The Kier molecular flexibility index (Phi) is 5.19. The van der Waals surface area contributed by atoms with Gasteiger partial charge in [-0.05, 0) is 34.1 Å². The van der Waals surface area contributed by atoms with Crippen molar-refractivity contribution in [3.63, 3.8) is 0 Å². The van der Waals surface area contributed by atoms with Crippen LogP contribution in [0.5, 0.6) is 0 Å². The number of amides is 1. The van der Waals surface area contributed by atoms with Crippen molar-refractivity contribution in [2.24, 2.45) is 0 Å². The Balaban J connectivity index is 2.27. The summed E-state index contributed by atoms with van der Waals surface area (Å²) in [5.41, 5.74) is 0.711. The van der Waals surface area contributed by atoms with E-state index in [1.165, 1.54) is 6.20 Å². The summed E-state index contributed by atoms with van der Waals surface area (Å²) >= 11 is 15.3. The van der Waals surface area contributed by atoms with Crippen molar-refractivity contribution in [2.75, 3.05) is 5.32 Å². The molecule has 0 aliphatic rings. The molecule has 1 N–H and O–H groups in total. The van der Waals surface area contributed by atoms with Crippen molar-refractivity contribution in [1.82, 2.24) is 9.97 Å². The average Bonchev–Trinajstić information content (AvgIpc) is 2.43. The fourth-order valence-corrected chi connectivity index (χ4v) is 2.19. The minimum absolute atomic E-state index is 0.107. The molecule has 0 unspecified atom stereocenters. The number of anilines is 1. The van der Waals surface area contributed by atoms with Gasteiger partial charge in [0.2, 0.25) is 0 Å². The number of hydrogen-bond donors (Lipinski definition) is 1. The van der Waals surface area contributed by atoms with E-state index in [2.05, 4.69) is 31.2 Å². The number of nitrogens with one attached hydrogen (secondary N) is 1. The van der Waals surface area contributed by atoms with Crippen molar-refractivity contribution in [3.05, 3.63) is 50.4 Å². The molecule has 1 aromatic carbocycles. The molecule has 1 amide bonds. The fourth-order valence-electron chi connectivity index (χ4n) is 1.58. The molecule has 1 heterocycles. The summed E-state index contributed by atoms with van der Waals surface area (Å²) in [5, 5.41) is 3.43. The van der Waals surface area contributed by atoms with E-state index in [0.717, 1.165) is 4.47 Å². The van der Waals surface area contributed by atoms with Gasteiger partial charge in [-0.2, -0.15) is 0 Å². The number of carbonyl (C=O) groups excluding carboxylic acids is 1. The fraction of sp³-hybridized carbons (Fsp3) is 0.214. The second-order valence-electron chi connectivity index (χ2n) is 4.66. The Morgan fingerprint density at radius 3 is 2.62 bits per heavy atom. The van der Waals surface area contributed by atoms with Crippen molar-refractivity contribution in [1.29, 1.82) is 0 Å². The number of hydrogen-bond acceptors (Lipinski definition) is 3. The Bertz CT molecular complexity index is 692. The van der Waals surface area contributed by atoms with Crippen LogP contribution in [-0.2, 0) is 0 Å². The van der Waals surface area contributed by atoms with Gasteiger partial charge < -0.3 is 5.32 Å². The number of benzene rings is 1. The summed E-state index contributed by atoms with van der Waals surface area (Å²) in [5.74, 6) is 0.275. The first-order chi connectivity index (χ1) is 9.88. The van der Waals surface area contributed by atoms with Crippen molar-refractivity contribution < 1.29 is 4.79 Å². The Labute approximate surface area is 141 Å². The van der Waals surface area contributed by atoms with Crippen LogP contribution in [0.1, 0.15) is 36.1 Å². The quantitative estimate of drug-likeness (QED) is 0.811. The molecule has 21 heavy (non-hydrogen) atoms. The number of nitrogens with zero attached hydrogens (tertiary/aromatic N) is 2.